The summed E-state index contributed by atoms with van der Waals surface area (Å²) >= 11 is 6.25. The SMILES string of the molecule is CC1(c2cc(F)c(OCc3ccccc3)c(Cl)c2)CCCN1. The van der Waals surface area contributed by atoms with Crippen molar-refractivity contribution in [3.05, 3.63) is 64.4 Å². The van der Waals surface area contributed by atoms with Gasteiger partial charge in [0.05, 0.1) is 5.02 Å². The maximum atomic E-state index is 14.4. The Labute approximate surface area is 135 Å². The van der Waals surface area contributed by atoms with E-state index in [0.29, 0.717) is 11.6 Å². The molecule has 0 bridgehead atoms. The molecule has 2 aromatic rings. The highest BCUT2D eigenvalue weighted by Crippen LogP contribution is 2.37. The van der Waals surface area contributed by atoms with Gasteiger partial charge in [-0.2, -0.15) is 0 Å². The van der Waals surface area contributed by atoms with Crippen molar-refractivity contribution in [2.75, 3.05) is 6.54 Å². The fourth-order valence-corrected chi connectivity index (χ4v) is 3.15. The molecule has 1 saturated heterocycles. The zero-order chi connectivity index (χ0) is 15.6. The molecule has 0 aliphatic carbocycles. The van der Waals surface area contributed by atoms with E-state index in [1.165, 1.54) is 6.07 Å². The molecule has 1 aliphatic rings. The van der Waals surface area contributed by atoms with Crippen molar-refractivity contribution >= 4 is 11.6 Å². The summed E-state index contributed by atoms with van der Waals surface area (Å²) < 4.78 is 20.0. The second kappa shape index (κ2) is 6.27. The lowest BCUT2D eigenvalue weighted by Gasteiger charge is -2.26. The van der Waals surface area contributed by atoms with Crippen LogP contribution in [0, 0.1) is 5.82 Å². The Kier molecular flexibility index (Phi) is 4.37. The van der Waals surface area contributed by atoms with Crippen LogP contribution >= 0.6 is 11.6 Å². The number of benzene rings is 2. The summed E-state index contributed by atoms with van der Waals surface area (Å²) in [5.41, 5.74) is 1.65. The molecule has 0 aromatic heterocycles. The van der Waals surface area contributed by atoms with Crippen LogP contribution in [0.1, 0.15) is 30.9 Å². The van der Waals surface area contributed by atoms with Gasteiger partial charge in [-0.25, -0.2) is 4.39 Å². The third kappa shape index (κ3) is 3.11. The summed E-state index contributed by atoms with van der Waals surface area (Å²) in [6.07, 6.45) is 2.06. The van der Waals surface area contributed by atoms with Crippen LogP contribution in [0.3, 0.4) is 0 Å². The van der Waals surface area contributed by atoms with E-state index in [1.807, 2.05) is 36.4 Å². The maximum Gasteiger partial charge on any atom is 0.174 e. The van der Waals surface area contributed by atoms with Gasteiger partial charge < -0.3 is 10.1 Å². The third-order valence-corrected chi connectivity index (χ3v) is 4.51. The lowest BCUT2D eigenvalue weighted by molar-refractivity contribution is 0.289. The Morgan fingerprint density at radius 3 is 2.68 bits per heavy atom. The van der Waals surface area contributed by atoms with E-state index in [9.17, 15) is 4.39 Å². The second-order valence-corrected chi connectivity index (χ2v) is 6.31. The first-order chi connectivity index (χ1) is 10.6. The zero-order valence-electron chi connectivity index (χ0n) is 12.5. The van der Waals surface area contributed by atoms with E-state index in [4.69, 9.17) is 16.3 Å². The van der Waals surface area contributed by atoms with Gasteiger partial charge in [0.25, 0.3) is 0 Å². The van der Waals surface area contributed by atoms with Gasteiger partial charge in [-0.15, -0.1) is 0 Å². The molecular formula is C18H19ClFNO. The molecule has 1 N–H and O–H groups in total. The summed E-state index contributed by atoms with van der Waals surface area (Å²) in [5.74, 6) is -0.288. The average molecular weight is 320 g/mol. The minimum absolute atomic E-state index is 0.121. The molecule has 0 spiro atoms. The molecule has 116 valence electrons. The number of ether oxygens (including phenoxy) is 1. The average Bonchev–Trinajstić information content (AvgIpc) is 2.95. The molecule has 0 radical (unpaired) electrons. The van der Waals surface area contributed by atoms with Crippen molar-refractivity contribution in [2.45, 2.75) is 31.9 Å². The summed E-state index contributed by atoms with van der Waals surface area (Å²) in [5, 5.41) is 3.74. The molecule has 1 fully saturated rings. The van der Waals surface area contributed by atoms with Gasteiger partial charge in [-0.1, -0.05) is 41.9 Å². The first-order valence-corrected chi connectivity index (χ1v) is 7.87. The molecule has 2 nitrogen and oxygen atoms in total. The van der Waals surface area contributed by atoms with Crippen LogP contribution < -0.4 is 10.1 Å². The predicted molar refractivity (Wildman–Crippen MR) is 86.8 cm³/mol. The largest absolute Gasteiger partial charge is 0.484 e. The molecule has 3 rings (SSSR count). The number of hydrogen-bond acceptors (Lipinski definition) is 2. The van der Waals surface area contributed by atoms with Gasteiger partial charge in [-0.05, 0) is 49.6 Å². The maximum absolute atomic E-state index is 14.4. The van der Waals surface area contributed by atoms with E-state index in [0.717, 1.165) is 30.5 Å². The van der Waals surface area contributed by atoms with Crippen LogP contribution in [-0.2, 0) is 12.1 Å². The Morgan fingerprint density at radius 2 is 2.05 bits per heavy atom. The van der Waals surface area contributed by atoms with Crippen molar-refractivity contribution in [1.29, 1.82) is 0 Å². The van der Waals surface area contributed by atoms with Crippen LogP contribution in [0.2, 0.25) is 5.02 Å². The third-order valence-electron chi connectivity index (χ3n) is 4.23. The van der Waals surface area contributed by atoms with Gasteiger partial charge in [0.15, 0.2) is 11.6 Å². The van der Waals surface area contributed by atoms with E-state index in [2.05, 4.69) is 12.2 Å². The topological polar surface area (TPSA) is 21.3 Å². The lowest BCUT2D eigenvalue weighted by Crippen LogP contribution is -2.33. The normalized spacial score (nSPS) is 21.0. The number of hydrogen-bond donors (Lipinski definition) is 1. The molecular weight excluding hydrogens is 301 g/mol. The van der Waals surface area contributed by atoms with Crippen LogP contribution in [0.5, 0.6) is 5.75 Å². The highest BCUT2D eigenvalue weighted by molar-refractivity contribution is 6.32. The van der Waals surface area contributed by atoms with Gasteiger partial charge in [0.2, 0.25) is 0 Å². The molecule has 22 heavy (non-hydrogen) atoms. The monoisotopic (exact) mass is 319 g/mol. The molecule has 0 saturated carbocycles. The van der Waals surface area contributed by atoms with E-state index < -0.39 is 5.82 Å². The fraction of sp³-hybridized carbons (Fsp3) is 0.333. The second-order valence-electron chi connectivity index (χ2n) is 5.91. The molecule has 4 heteroatoms. The van der Waals surface area contributed by atoms with Crippen LogP contribution in [0.15, 0.2) is 42.5 Å². The predicted octanol–water partition coefficient (Wildman–Crippen LogP) is 4.66. The standard InChI is InChI=1S/C18H19ClFNO/c1-18(8-5-9-21-18)14-10-15(19)17(16(20)11-14)22-12-13-6-3-2-4-7-13/h2-4,6-7,10-11,21H,5,8-9,12H2,1H3. The molecule has 2 aromatic carbocycles. The summed E-state index contributed by atoms with van der Waals surface area (Å²) in [4.78, 5) is 0. The van der Waals surface area contributed by atoms with Crippen LogP contribution in [0.4, 0.5) is 4.39 Å². The number of nitrogens with one attached hydrogen (secondary N) is 1. The van der Waals surface area contributed by atoms with Crippen LogP contribution in [-0.4, -0.2) is 6.54 Å². The number of rotatable bonds is 4. The molecule has 1 aliphatic heterocycles. The fourth-order valence-electron chi connectivity index (χ4n) is 2.89. The Morgan fingerprint density at radius 1 is 1.27 bits per heavy atom. The van der Waals surface area contributed by atoms with Gasteiger partial charge in [0, 0.05) is 5.54 Å². The number of halogens is 2. The minimum atomic E-state index is -0.409. The Hall–Kier alpha value is -1.58. The van der Waals surface area contributed by atoms with Crippen molar-refractivity contribution in [1.82, 2.24) is 5.32 Å². The summed E-state index contributed by atoms with van der Waals surface area (Å²) in [6.45, 7) is 3.32. The van der Waals surface area contributed by atoms with Crippen molar-refractivity contribution < 1.29 is 9.13 Å². The van der Waals surface area contributed by atoms with E-state index >= 15 is 0 Å². The highest BCUT2D eigenvalue weighted by atomic mass is 35.5. The first-order valence-electron chi connectivity index (χ1n) is 7.50. The molecule has 0 amide bonds. The van der Waals surface area contributed by atoms with Crippen molar-refractivity contribution in [3.8, 4) is 5.75 Å². The highest BCUT2D eigenvalue weighted by Gasteiger charge is 2.31. The van der Waals surface area contributed by atoms with Gasteiger partial charge in [-0.3, -0.25) is 0 Å². The van der Waals surface area contributed by atoms with E-state index in [-0.39, 0.29) is 11.3 Å². The van der Waals surface area contributed by atoms with E-state index in [1.54, 1.807) is 0 Å². The molecule has 1 atom stereocenters. The lowest BCUT2D eigenvalue weighted by atomic mass is 9.90. The molecule has 1 heterocycles. The minimum Gasteiger partial charge on any atom is -0.484 e. The van der Waals surface area contributed by atoms with Crippen molar-refractivity contribution in [2.24, 2.45) is 0 Å². The van der Waals surface area contributed by atoms with Crippen LogP contribution in [0.25, 0.3) is 0 Å². The zero-order valence-corrected chi connectivity index (χ0v) is 13.3. The van der Waals surface area contributed by atoms with Gasteiger partial charge >= 0.3 is 0 Å². The van der Waals surface area contributed by atoms with Crippen molar-refractivity contribution in [3.63, 3.8) is 0 Å². The quantitative estimate of drug-likeness (QED) is 0.885. The Balaban J connectivity index is 1.81. The first kappa shape index (κ1) is 15.3. The Bertz CT molecular complexity index is 630. The summed E-state index contributed by atoms with van der Waals surface area (Å²) in [6, 6.07) is 13.0. The summed E-state index contributed by atoms with van der Waals surface area (Å²) in [7, 11) is 0. The van der Waals surface area contributed by atoms with Gasteiger partial charge in [0.1, 0.15) is 6.61 Å². The molecule has 1 unspecified atom stereocenters. The smallest absolute Gasteiger partial charge is 0.174 e.